The van der Waals surface area contributed by atoms with Crippen LogP contribution in [0.3, 0.4) is 0 Å². The number of nitrogens with zero attached hydrogens (tertiary/aromatic N) is 1. The zero-order valence-electron chi connectivity index (χ0n) is 9.81. The molecule has 0 aliphatic heterocycles. The molecule has 3 heterocycles. The molecular formula is C13H6Cl2N2S3. The van der Waals surface area contributed by atoms with Crippen LogP contribution < -0.4 is 5.73 Å². The number of nitrogens with two attached hydrogens (primary N) is 1. The molecule has 0 atom stereocenters. The van der Waals surface area contributed by atoms with Crippen molar-refractivity contribution in [3.8, 4) is 27.0 Å². The Morgan fingerprint density at radius 1 is 1.25 bits per heavy atom. The maximum absolute atomic E-state index is 9.20. The lowest BCUT2D eigenvalue weighted by Crippen LogP contribution is -1.87. The van der Waals surface area contributed by atoms with Crippen molar-refractivity contribution >= 4 is 62.9 Å². The second-order valence-corrected chi connectivity index (χ2v) is 8.13. The minimum atomic E-state index is 0.502. The number of halogens is 2. The van der Waals surface area contributed by atoms with Crippen molar-refractivity contribution < 1.29 is 0 Å². The molecule has 0 fully saturated rings. The van der Waals surface area contributed by atoms with Gasteiger partial charge in [-0.05, 0) is 17.5 Å². The van der Waals surface area contributed by atoms with Crippen molar-refractivity contribution in [2.45, 2.75) is 0 Å². The maximum atomic E-state index is 9.20. The summed E-state index contributed by atoms with van der Waals surface area (Å²) in [5.74, 6) is 0. The van der Waals surface area contributed by atoms with Crippen LogP contribution in [0.1, 0.15) is 4.88 Å². The fourth-order valence-corrected chi connectivity index (χ4v) is 5.38. The third kappa shape index (κ3) is 2.24. The lowest BCUT2D eigenvalue weighted by Gasteiger charge is -2.01. The first-order chi connectivity index (χ1) is 9.61. The minimum absolute atomic E-state index is 0.502. The van der Waals surface area contributed by atoms with Gasteiger partial charge in [0, 0.05) is 20.9 Å². The van der Waals surface area contributed by atoms with Gasteiger partial charge in [-0.25, -0.2) is 0 Å². The normalized spacial score (nSPS) is 10.7. The zero-order valence-corrected chi connectivity index (χ0v) is 13.8. The van der Waals surface area contributed by atoms with Gasteiger partial charge in [0.15, 0.2) is 0 Å². The molecule has 0 bridgehead atoms. The Morgan fingerprint density at radius 2 is 2.05 bits per heavy atom. The molecule has 0 aromatic carbocycles. The van der Waals surface area contributed by atoms with E-state index >= 15 is 0 Å². The van der Waals surface area contributed by atoms with Crippen LogP contribution in [0.15, 0.2) is 23.6 Å². The molecular weight excluding hydrogens is 351 g/mol. The summed E-state index contributed by atoms with van der Waals surface area (Å²) in [4.78, 5) is 2.42. The lowest BCUT2D eigenvalue weighted by molar-refractivity contribution is 1.52. The van der Waals surface area contributed by atoms with Crippen molar-refractivity contribution in [2.75, 3.05) is 5.73 Å². The standard InChI is InChI=1S/C13H6Cl2N2S3/c14-9-4-6(13(15)20-9)12-10(7-2-1-3-18-7)11(17)8(5-16)19-12/h1-4H,17H2. The van der Waals surface area contributed by atoms with E-state index in [1.807, 2.05) is 23.6 Å². The topological polar surface area (TPSA) is 49.8 Å². The lowest BCUT2D eigenvalue weighted by atomic mass is 10.1. The smallest absolute Gasteiger partial charge is 0.129 e. The SMILES string of the molecule is N#Cc1sc(-c2cc(Cl)sc2Cl)c(-c2cccs2)c1N. The van der Waals surface area contributed by atoms with Gasteiger partial charge in [0.25, 0.3) is 0 Å². The highest BCUT2D eigenvalue weighted by Crippen LogP contribution is 2.50. The van der Waals surface area contributed by atoms with Crippen LogP contribution in [-0.4, -0.2) is 0 Å². The average molecular weight is 357 g/mol. The van der Waals surface area contributed by atoms with Crippen LogP contribution in [0.4, 0.5) is 5.69 Å². The second kappa shape index (κ2) is 5.40. The van der Waals surface area contributed by atoms with E-state index in [2.05, 4.69) is 6.07 Å². The molecule has 2 nitrogen and oxygen atoms in total. The van der Waals surface area contributed by atoms with Crippen molar-refractivity contribution in [3.05, 3.63) is 37.1 Å². The van der Waals surface area contributed by atoms with Crippen LogP contribution in [0, 0.1) is 11.3 Å². The van der Waals surface area contributed by atoms with Gasteiger partial charge in [-0.3, -0.25) is 0 Å². The van der Waals surface area contributed by atoms with Crippen LogP contribution >= 0.6 is 57.2 Å². The van der Waals surface area contributed by atoms with E-state index in [9.17, 15) is 5.26 Å². The van der Waals surface area contributed by atoms with Gasteiger partial charge in [-0.2, -0.15) is 5.26 Å². The average Bonchev–Trinajstić information content (AvgIpc) is 3.09. The predicted octanol–water partition coefficient (Wildman–Crippen LogP) is 5.97. The summed E-state index contributed by atoms with van der Waals surface area (Å²) in [5, 5.41) is 11.2. The molecule has 0 spiro atoms. The Bertz CT molecular complexity index is 810. The Hall–Kier alpha value is -1.03. The Morgan fingerprint density at radius 3 is 2.60 bits per heavy atom. The highest BCUT2D eigenvalue weighted by Gasteiger charge is 2.22. The Balaban J connectivity index is 2.31. The van der Waals surface area contributed by atoms with Crippen molar-refractivity contribution in [3.63, 3.8) is 0 Å². The molecule has 0 aliphatic rings. The molecule has 7 heteroatoms. The molecule has 0 aliphatic carbocycles. The number of thiophene rings is 3. The number of nitriles is 1. The fourth-order valence-electron chi connectivity index (χ4n) is 1.88. The summed E-state index contributed by atoms with van der Waals surface area (Å²) in [6.45, 7) is 0. The Kier molecular flexibility index (Phi) is 3.76. The third-order valence-corrected chi connectivity index (χ3v) is 6.23. The first kappa shape index (κ1) is 13.9. The van der Waals surface area contributed by atoms with E-state index in [1.54, 1.807) is 11.3 Å². The first-order valence-corrected chi connectivity index (χ1v) is 8.70. The minimum Gasteiger partial charge on any atom is -0.396 e. The third-order valence-electron chi connectivity index (χ3n) is 2.72. The van der Waals surface area contributed by atoms with E-state index in [-0.39, 0.29) is 0 Å². The van der Waals surface area contributed by atoms with Crippen molar-refractivity contribution in [1.29, 1.82) is 5.26 Å². The highest BCUT2D eigenvalue weighted by molar-refractivity contribution is 7.22. The molecule has 0 radical (unpaired) electrons. The number of nitrogen functional groups attached to an aromatic ring is 1. The molecule has 100 valence electrons. The van der Waals surface area contributed by atoms with E-state index in [4.69, 9.17) is 28.9 Å². The van der Waals surface area contributed by atoms with E-state index < -0.39 is 0 Å². The number of anilines is 1. The molecule has 0 unspecified atom stereocenters. The van der Waals surface area contributed by atoms with E-state index in [1.165, 1.54) is 22.7 Å². The summed E-state index contributed by atoms with van der Waals surface area (Å²) in [6, 6.07) is 7.89. The molecule has 3 aromatic rings. The zero-order chi connectivity index (χ0) is 14.3. The predicted molar refractivity (Wildman–Crippen MR) is 90.1 cm³/mol. The van der Waals surface area contributed by atoms with Crippen LogP contribution in [0.25, 0.3) is 20.9 Å². The number of rotatable bonds is 2. The van der Waals surface area contributed by atoms with Gasteiger partial charge in [0.1, 0.15) is 15.3 Å². The first-order valence-electron chi connectivity index (χ1n) is 5.43. The highest BCUT2D eigenvalue weighted by atomic mass is 35.5. The summed E-state index contributed by atoms with van der Waals surface area (Å²) in [7, 11) is 0. The van der Waals surface area contributed by atoms with E-state index in [0.29, 0.717) is 19.2 Å². The molecule has 2 N–H and O–H groups in total. The molecule has 3 rings (SSSR count). The van der Waals surface area contributed by atoms with Gasteiger partial charge in [0.05, 0.1) is 10.0 Å². The molecule has 20 heavy (non-hydrogen) atoms. The van der Waals surface area contributed by atoms with Gasteiger partial charge in [0.2, 0.25) is 0 Å². The quantitative estimate of drug-likeness (QED) is 0.615. The van der Waals surface area contributed by atoms with Gasteiger partial charge in [-0.15, -0.1) is 34.0 Å². The summed E-state index contributed by atoms with van der Waals surface area (Å²) >= 11 is 16.5. The van der Waals surface area contributed by atoms with Crippen molar-refractivity contribution in [2.24, 2.45) is 0 Å². The number of hydrogen-bond donors (Lipinski definition) is 1. The fraction of sp³-hybridized carbons (Fsp3) is 0. The number of hydrogen-bond acceptors (Lipinski definition) is 5. The Labute approximate surface area is 137 Å². The van der Waals surface area contributed by atoms with Crippen LogP contribution in [-0.2, 0) is 0 Å². The summed E-state index contributed by atoms with van der Waals surface area (Å²) < 4.78 is 1.23. The van der Waals surface area contributed by atoms with Crippen LogP contribution in [0.2, 0.25) is 8.67 Å². The molecule has 0 saturated heterocycles. The van der Waals surface area contributed by atoms with Crippen LogP contribution in [0.5, 0.6) is 0 Å². The molecule has 0 amide bonds. The summed E-state index contributed by atoms with van der Waals surface area (Å²) in [6.07, 6.45) is 0. The van der Waals surface area contributed by atoms with Gasteiger partial charge < -0.3 is 5.73 Å². The van der Waals surface area contributed by atoms with Crippen molar-refractivity contribution in [1.82, 2.24) is 0 Å². The largest absolute Gasteiger partial charge is 0.396 e. The monoisotopic (exact) mass is 356 g/mol. The van der Waals surface area contributed by atoms with Gasteiger partial charge >= 0.3 is 0 Å². The molecule has 3 aromatic heterocycles. The maximum Gasteiger partial charge on any atom is 0.129 e. The van der Waals surface area contributed by atoms with E-state index in [0.717, 1.165) is 20.9 Å². The van der Waals surface area contributed by atoms with Gasteiger partial charge in [-0.1, -0.05) is 29.3 Å². The molecule has 0 saturated carbocycles. The summed E-state index contributed by atoms with van der Waals surface area (Å²) in [5.41, 5.74) is 8.34. The second-order valence-electron chi connectivity index (χ2n) is 3.88.